The number of rotatable bonds is 5. The van der Waals surface area contributed by atoms with Gasteiger partial charge in [0.05, 0.1) is 30.9 Å². The Morgan fingerprint density at radius 1 is 1.46 bits per heavy atom. The fourth-order valence-electron chi connectivity index (χ4n) is 2.73. The first-order valence-corrected chi connectivity index (χ1v) is 8.76. The Morgan fingerprint density at radius 2 is 2.25 bits per heavy atom. The van der Waals surface area contributed by atoms with E-state index >= 15 is 0 Å². The summed E-state index contributed by atoms with van der Waals surface area (Å²) in [6.45, 7) is 2.56. The zero-order chi connectivity index (χ0) is 16.9. The summed E-state index contributed by atoms with van der Waals surface area (Å²) >= 11 is 1.55. The highest BCUT2D eigenvalue weighted by Crippen LogP contribution is 2.22. The van der Waals surface area contributed by atoms with Gasteiger partial charge in [0.25, 0.3) is 0 Å². The molecule has 1 saturated heterocycles. The smallest absolute Gasteiger partial charge is 0.236 e. The summed E-state index contributed by atoms with van der Waals surface area (Å²) in [5.74, 6) is -0.200. The van der Waals surface area contributed by atoms with Gasteiger partial charge in [0.2, 0.25) is 5.91 Å². The zero-order valence-electron chi connectivity index (χ0n) is 13.5. The van der Waals surface area contributed by atoms with Gasteiger partial charge in [-0.05, 0) is 24.7 Å². The van der Waals surface area contributed by atoms with Gasteiger partial charge in [-0.2, -0.15) is 0 Å². The monoisotopic (exact) mass is 349 g/mol. The van der Waals surface area contributed by atoms with Gasteiger partial charge in [0.1, 0.15) is 11.9 Å². The third kappa shape index (κ3) is 4.37. The molecule has 5 nitrogen and oxygen atoms in total. The topological polar surface area (TPSA) is 45.7 Å². The Morgan fingerprint density at radius 3 is 2.96 bits per heavy atom. The van der Waals surface area contributed by atoms with Gasteiger partial charge in [-0.3, -0.25) is 9.69 Å². The Labute approximate surface area is 144 Å². The van der Waals surface area contributed by atoms with E-state index in [-0.39, 0.29) is 17.8 Å². The van der Waals surface area contributed by atoms with Crippen molar-refractivity contribution in [3.8, 4) is 0 Å². The number of hydrogen-bond donors (Lipinski definition) is 0. The van der Waals surface area contributed by atoms with Crippen LogP contribution in [0.3, 0.4) is 0 Å². The maximum atomic E-state index is 13.0. The van der Waals surface area contributed by atoms with Crippen molar-refractivity contribution in [2.75, 3.05) is 33.3 Å². The van der Waals surface area contributed by atoms with Crippen LogP contribution in [0.2, 0.25) is 0 Å². The molecule has 0 bridgehead atoms. The molecule has 2 heterocycles. The number of halogens is 1. The first-order valence-electron chi connectivity index (χ1n) is 7.82. The lowest BCUT2D eigenvalue weighted by atomic mass is 10.1. The van der Waals surface area contributed by atoms with E-state index in [0.717, 1.165) is 11.3 Å². The van der Waals surface area contributed by atoms with Crippen LogP contribution in [-0.4, -0.2) is 54.0 Å². The third-order valence-electron chi connectivity index (χ3n) is 3.98. The number of aromatic nitrogens is 1. The summed E-state index contributed by atoms with van der Waals surface area (Å²) in [6.07, 6.45) is -0.202. The molecule has 3 rings (SSSR count). The SMILES string of the molecule is CN(CC(=O)N1CCO[C@H](c2ccc(F)cc2)C1)Cc1cscn1. The largest absolute Gasteiger partial charge is 0.370 e. The predicted octanol–water partition coefficient (Wildman–Crippen LogP) is 2.31. The van der Waals surface area contributed by atoms with Crippen LogP contribution in [0.5, 0.6) is 0 Å². The van der Waals surface area contributed by atoms with Crippen molar-refractivity contribution < 1.29 is 13.9 Å². The van der Waals surface area contributed by atoms with Crippen molar-refractivity contribution in [1.82, 2.24) is 14.8 Å². The van der Waals surface area contributed by atoms with Gasteiger partial charge in [-0.1, -0.05) is 12.1 Å². The van der Waals surface area contributed by atoms with Gasteiger partial charge in [0.15, 0.2) is 0 Å². The highest BCUT2D eigenvalue weighted by atomic mass is 32.1. The molecule has 7 heteroatoms. The predicted molar refractivity (Wildman–Crippen MR) is 90.1 cm³/mol. The van der Waals surface area contributed by atoms with E-state index in [1.807, 2.05) is 22.2 Å². The Kier molecular flexibility index (Phi) is 5.55. The van der Waals surface area contributed by atoms with Gasteiger partial charge >= 0.3 is 0 Å². The molecule has 0 N–H and O–H groups in total. The third-order valence-corrected chi connectivity index (χ3v) is 4.62. The molecule has 0 radical (unpaired) electrons. The van der Waals surface area contributed by atoms with Crippen LogP contribution < -0.4 is 0 Å². The van der Waals surface area contributed by atoms with Crippen LogP contribution in [0.1, 0.15) is 17.4 Å². The summed E-state index contributed by atoms with van der Waals surface area (Å²) in [5, 5.41) is 1.99. The highest BCUT2D eigenvalue weighted by Gasteiger charge is 2.26. The Balaban J connectivity index is 1.55. The maximum Gasteiger partial charge on any atom is 0.236 e. The van der Waals surface area contributed by atoms with E-state index in [0.29, 0.717) is 32.8 Å². The maximum absolute atomic E-state index is 13.0. The molecule has 1 aliphatic rings. The number of morpholine rings is 1. The average Bonchev–Trinajstić information content (AvgIpc) is 3.08. The van der Waals surface area contributed by atoms with Crippen LogP contribution in [0.15, 0.2) is 35.2 Å². The van der Waals surface area contributed by atoms with Crippen molar-refractivity contribution in [2.24, 2.45) is 0 Å². The van der Waals surface area contributed by atoms with E-state index in [2.05, 4.69) is 4.98 Å². The molecule has 1 aliphatic heterocycles. The first kappa shape index (κ1) is 17.0. The summed E-state index contributed by atoms with van der Waals surface area (Å²) in [5.41, 5.74) is 3.66. The van der Waals surface area contributed by atoms with E-state index in [9.17, 15) is 9.18 Å². The lowest BCUT2D eigenvalue weighted by Gasteiger charge is -2.34. The van der Waals surface area contributed by atoms with Crippen molar-refractivity contribution >= 4 is 17.2 Å². The van der Waals surface area contributed by atoms with Gasteiger partial charge in [-0.25, -0.2) is 9.37 Å². The number of carbonyl (C=O) groups is 1. The number of likely N-dealkylation sites (N-methyl/N-ethyl adjacent to an activating group) is 1. The minimum atomic E-state index is -0.272. The van der Waals surface area contributed by atoms with Crippen molar-refractivity contribution in [1.29, 1.82) is 0 Å². The average molecular weight is 349 g/mol. The molecule has 1 atom stereocenters. The minimum absolute atomic E-state index is 0.0724. The molecule has 0 saturated carbocycles. The molecule has 2 aromatic rings. The quantitative estimate of drug-likeness (QED) is 0.831. The molecule has 0 spiro atoms. The number of hydrogen-bond acceptors (Lipinski definition) is 5. The van der Waals surface area contributed by atoms with Gasteiger partial charge in [-0.15, -0.1) is 11.3 Å². The van der Waals surface area contributed by atoms with Gasteiger partial charge in [0, 0.05) is 18.5 Å². The molecule has 128 valence electrons. The first-order chi connectivity index (χ1) is 11.6. The van der Waals surface area contributed by atoms with E-state index in [1.165, 1.54) is 12.1 Å². The Hall–Kier alpha value is -1.83. The molecular weight excluding hydrogens is 329 g/mol. The summed E-state index contributed by atoms with van der Waals surface area (Å²) < 4.78 is 18.8. The van der Waals surface area contributed by atoms with Crippen molar-refractivity contribution in [3.05, 3.63) is 52.2 Å². The molecule has 1 fully saturated rings. The summed E-state index contributed by atoms with van der Waals surface area (Å²) in [4.78, 5) is 20.5. The fraction of sp³-hybridized carbons (Fsp3) is 0.412. The van der Waals surface area contributed by atoms with Crippen LogP contribution in [0, 0.1) is 5.82 Å². The number of amides is 1. The van der Waals surface area contributed by atoms with Crippen molar-refractivity contribution in [3.63, 3.8) is 0 Å². The second-order valence-electron chi connectivity index (χ2n) is 5.90. The number of carbonyl (C=O) groups excluding carboxylic acids is 1. The standard InChI is InChI=1S/C17H20FN3O2S/c1-20(8-15-11-24-12-19-15)10-17(22)21-6-7-23-16(9-21)13-2-4-14(18)5-3-13/h2-5,11-12,16H,6-10H2,1H3/t16-/m0/s1. The fourth-order valence-corrected chi connectivity index (χ4v) is 3.28. The second-order valence-corrected chi connectivity index (χ2v) is 6.62. The molecule has 0 unspecified atom stereocenters. The normalized spacial score (nSPS) is 18.1. The molecule has 24 heavy (non-hydrogen) atoms. The van der Waals surface area contributed by atoms with Gasteiger partial charge < -0.3 is 9.64 Å². The molecular formula is C17H20FN3O2S. The van der Waals surface area contributed by atoms with E-state index in [1.54, 1.807) is 29.0 Å². The number of thiazole rings is 1. The van der Waals surface area contributed by atoms with Crippen molar-refractivity contribution in [2.45, 2.75) is 12.6 Å². The van der Waals surface area contributed by atoms with Crippen LogP contribution in [-0.2, 0) is 16.1 Å². The van der Waals surface area contributed by atoms with Crippen LogP contribution in [0.25, 0.3) is 0 Å². The van der Waals surface area contributed by atoms with E-state index in [4.69, 9.17) is 4.74 Å². The summed E-state index contributed by atoms with van der Waals surface area (Å²) in [7, 11) is 1.91. The number of ether oxygens (including phenoxy) is 1. The second kappa shape index (κ2) is 7.83. The Bertz CT molecular complexity index is 663. The molecule has 0 aliphatic carbocycles. The molecule has 1 aromatic heterocycles. The van der Waals surface area contributed by atoms with Crippen LogP contribution >= 0.6 is 11.3 Å². The minimum Gasteiger partial charge on any atom is -0.370 e. The molecule has 1 aromatic carbocycles. The summed E-state index contributed by atoms with van der Waals surface area (Å²) in [6, 6.07) is 6.26. The zero-order valence-corrected chi connectivity index (χ0v) is 14.3. The molecule has 1 amide bonds. The lowest BCUT2D eigenvalue weighted by molar-refractivity contribution is -0.140. The lowest BCUT2D eigenvalue weighted by Crippen LogP contribution is -2.46. The van der Waals surface area contributed by atoms with E-state index < -0.39 is 0 Å². The number of nitrogens with zero attached hydrogens (tertiary/aromatic N) is 3. The highest BCUT2D eigenvalue weighted by molar-refractivity contribution is 7.07. The van der Waals surface area contributed by atoms with Crippen LogP contribution in [0.4, 0.5) is 4.39 Å². The number of benzene rings is 1.